The van der Waals surface area contributed by atoms with Gasteiger partial charge >= 0.3 is 0 Å². The number of hydrogen-bond donors (Lipinski definition) is 1. The number of aliphatic hydroxyl groups is 1. The molecule has 0 bridgehead atoms. The van der Waals surface area contributed by atoms with E-state index in [1.54, 1.807) is 0 Å². The normalized spacial score (nSPS) is 26.5. The molecule has 0 radical (unpaired) electrons. The van der Waals surface area contributed by atoms with Gasteiger partial charge in [-0.2, -0.15) is 0 Å². The summed E-state index contributed by atoms with van der Waals surface area (Å²) in [6, 6.07) is 0.600. The van der Waals surface area contributed by atoms with Crippen molar-refractivity contribution in [3.05, 3.63) is 0 Å². The number of hydrogen-bond acceptors (Lipinski definition) is 2. The molecule has 0 saturated carbocycles. The van der Waals surface area contributed by atoms with Crippen molar-refractivity contribution >= 4 is 11.6 Å². The fourth-order valence-corrected chi connectivity index (χ4v) is 2.23. The van der Waals surface area contributed by atoms with Crippen molar-refractivity contribution in [1.82, 2.24) is 4.90 Å². The van der Waals surface area contributed by atoms with Crippen LogP contribution in [0.5, 0.6) is 0 Å². The highest BCUT2D eigenvalue weighted by molar-refractivity contribution is 6.17. The van der Waals surface area contributed by atoms with Gasteiger partial charge in [0.1, 0.15) is 0 Å². The molecule has 0 spiro atoms. The molecule has 0 amide bonds. The fraction of sp³-hybridized carbons (Fsp3) is 1.00. The first kappa shape index (κ1) is 11.3. The van der Waals surface area contributed by atoms with Crippen LogP contribution in [0.4, 0.5) is 0 Å². The van der Waals surface area contributed by atoms with E-state index in [0.717, 1.165) is 25.3 Å². The second-order valence-corrected chi connectivity index (χ2v) is 4.34. The molecule has 1 saturated heterocycles. The molecule has 0 aromatic carbocycles. The lowest BCUT2D eigenvalue weighted by Crippen LogP contribution is -2.32. The van der Waals surface area contributed by atoms with Crippen molar-refractivity contribution in [3.8, 4) is 0 Å². The standard InChI is InChI=1S/C10H20ClNO/c1-9(13)8-10-4-2-6-12(10)7-3-5-11/h9-10,13H,2-8H2,1H3. The molecule has 13 heavy (non-hydrogen) atoms. The highest BCUT2D eigenvalue weighted by Crippen LogP contribution is 2.21. The number of nitrogens with zero attached hydrogens (tertiary/aromatic N) is 1. The van der Waals surface area contributed by atoms with Gasteiger partial charge in [-0.15, -0.1) is 11.6 Å². The van der Waals surface area contributed by atoms with Crippen molar-refractivity contribution < 1.29 is 5.11 Å². The molecule has 0 aliphatic carbocycles. The summed E-state index contributed by atoms with van der Waals surface area (Å²) in [5.74, 6) is 0.748. The number of likely N-dealkylation sites (tertiary alicyclic amines) is 1. The first-order chi connectivity index (χ1) is 6.24. The Hall–Kier alpha value is 0.210. The summed E-state index contributed by atoms with van der Waals surface area (Å²) in [4.78, 5) is 2.47. The predicted octanol–water partition coefficient (Wildman–Crippen LogP) is 1.85. The lowest BCUT2D eigenvalue weighted by Gasteiger charge is -2.24. The SMILES string of the molecule is CC(O)CC1CCCN1CCCCl. The van der Waals surface area contributed by atoms with Gasteiger partial charge in [0.2, 0.25) is 0 Å². The third kappa shape index (κ3) is 3.84. The fourth-order valence-electron chi connectivity index (χ4n) is 2.11. The van der Waals surface area contributed by atoms with Crippen LogP contribution in [0.2, 0.25) is 0 Å². The minimum absolute atomic E-state index is 0.165. The highest BCUT2D eigenvalue weighted by atomic mass is 35.5. The molecule has 1 aliphatic heterocycles. The molecule has 1 aliphatic rings. The maximum absolute atomic E-state index is 9.30. The summed E-state index contributed by atoms with van der Waals surface area (Å²) in [6.07, 6.45) is 4.34. The van der Waals surface area contributed by atoms with E-state index >= 15 is 0 Å². The molecule has 1 fully saturated rings. The molecule has 0 aromatic rings. The molecule has 1 rings (SSSR count). The van der Waals surface area contributed by atoms with Crippen LogP contribution in [-0.2, 0) is 0 Å². The first-order valence-electron chi connectivity index (χ1n) is 5.22. The monoisotopic (exact) mass is 205 g/mol. The van der Waals surface area contributed by atoms with Gasteiger partial charge in [-0.3, -0.25) is 0 Å². The third-order valence-electron chi connectivity index (χ3n) is 2.69. The minimum atomic E-state index is -0.165. The average molecular weight is 206 g/mol. The lowest BCUT2D eigenvalue weighted by molar-refractivity contribution is 0.134. The van der Waals surface area contributed by atoms with Gasteiger partial charge < -0.3 is 10.0 Å². The predicted molar refractivity (Wildman–Crippen MR) is 56.2 cm³/mol. The molecule has 2 atom stereocenters. The summed E-state index contributed by atoms with van der Waals surface area (Å²) < 4.78 is 0. The van der Waals surface area contributed by atoms with Gasteiger partial charge in [-0.25, -0.2) is 0 Å². The van der Waals surface area contributed by atoms with Crippen LogP contribution in [0, 0.1) is 0 Å². The van der Waals surface area contributed by atoms with Gasteiger partial charge in [0.15, 0.2) is 0 Å². The van der Waals surface area contributed by atoms with Crippen LogP contribution in [0.25, 0.3) is 0 Å². The van der Waals surface area contributed by atoms with Crippen LogP contribution in [0.3, 0.4) is 0 Å². The lowest BCUT2D eigenvalue weighted by atomic mass is 10.1. The largest absolute Gasteiger partial charge is 0.393 e. The topological polar surface area (TPSA) is 23.5 Å². The quantitative estimate of drug-likeness (QED) is 0.693. The summed E-state index contributed by atoms with van der Waals surface area (Å²) in [5.41, 5.74) is 0. The van der Waals surface area contributed by atoms with Crippen molar-refractivity contribution in [1.29, 1.82) is 0 Å². The van der Waals surface area contributed by atoms with Crippen molar-refractivity contribution in [3.63, 3.8) is 0 Å². The molecule has 2 unspecified atom stereocenters. The van der Waals surface area contributed by atoms with Crippen molar-refractivity contribution in [2.24, 2.45) is 0 Å². The van der Waals surface area contributed by atoms with Crippen molar-refractivity contribution in [2.45, 2.75) is 44.8 Å². The van der Waals surface area contributed by atoms with E-state index in [-0.39, 0.29) is 6.10 Å². The summed E-state index contributed by atoms with van der Waals surface area (Å²) >= 11 is 5.66. The maximum atomic E-state index is 9.30. The van der Waals surface area contributed by atoms with Gasteiger partial charge in [-0.05, 0) is 45.7 Å². The molecule has 78 valence electrons. The molecular weight excluding hydrogens is 186 g/mol. The Bertz CT molecular complexity index is 141. The Morgan fingerprint density at radius 1 is 1.62 bits per heavy atom. The second-order valence-electron chi connectivity index (χ2n) is 3.96. The number of aliphatic hydroxyl groups excluding tert-OH is 1. The van der Waals surface area contributed by atoms with E-state index in [1.165, 1.54) is 19.4 Å². The van der Waals surface area contributed by atoms with E-state index in [4.69, 9.17) is 11.6 Å². The highest BCUT2D eigenvalue weighted by Gasteiger charge is 2.24. The molecule has 1 N–H and O–H groups in total. The third-order valence-corrected chi connectivity index (χ3v) is 2.96. The zero-order valence-electron chi connectivity index (χ0n) is 8.38. The van der Waals surface area contributed by atoms with Gasteiger partial charge in [0.25, 0.3) is 0 Å². The van der Waals surface area contributed by atoms with Crippen LogP contribution >= 0.6 is 11.6 Å². The summed E-state index contributed by atoms with van der Waals surface area (Å²) in [7, 11) is 0. The zero-order chi connectivity index (χ0) is 9.68. The Kier molecular flexibility index (Phi) is 5.07. The summed E-state index contributed by atoms with van der Waals surface area (Å²) in [6.45, 7) is 4.16. The number of alkyl halides is 1. The van der Waals surface area contributed by atoms with Crippen LogP contribution in [0.15, 0.2) is 0 Å². The smallest absolute Gasteiger partial charge is 0.0527 e. The molecular formula is C10H20ClNO. The van der Waals surface area contributed by atoms with Gasteiger partial charge in [-0.1, -0.05) is 0 Å². The summed E-state index contributed by atoms with van der Waals surface area (Å²) in [5, 5.41) is 9.30. The average Bonchev–Trinajstić information content (AvgIpc) is 2.48. The Balaban J connectivity index is 2.26. The van der Waals surface area contributed by atoms with E-state index in [1.807, 2.05) is 6.92 Å². The van der Waals surface area contributed by atoms with E-state index in [9.17, 15) is 5.11 Å². The van der Waals surface area contributed by atoms with Crippen molar-refractivity contribution in [2.75, 3.05) is 19.0 Å². The number of halogens is 1. The Morgan fingerprint density at radius 3 is 3.00 bits per heavy atom. The molecule has 3 heteroatoms. The van der Waals surface area contributed by atoms with Crippen LogP contribution < -0.4 is 0 Å². The molecule has 2 nitrogen and oxygen atoms in total. The Labute approximate surface area is 85.9 Å². The molecule has 1 heterocycles. The maximum Gasteiger partial charge on any atom is 0.0527 e. The molecule has 0 aromatic heterocycles. The van der Waals surface area contributed by atoms with E-state index < -0.39 is 0 Å². The first-order valence-corrected chi connectivity index (χ1v) is 5.75. The van der Waals surface area contributed by atoms with Crippen LogP contribution in [0.1, 0.15) is 32.6 Å². The van der Waals surface area contributed by atoms with E-state index in [2.05, 4.69) is 4.90 Å². The van der Waals surface area contributed by atoms with Gasteiger partial charge in [0, 0.05) is 11.9 Å². The number of rotatable bonds is 5. The van der Waals surface area contributed by atoms with E-state index in [0.29, 0.717) is 6.04 Å². The zero-order valence-corrected chi connectivity index (χ0v) is 9.13. The Morgan fingerprint density at radius 2 is 2.38 bits per heavy atom. The van der Waals surface area contributed by atoms with Crippen LogP contribution in [-0.4, -0.2) is 41.1 Å². The van der Waals surface area contributed by atoms with Gasteiger partial charge in [0.05, 0.1) is 6.10 Å². The minimum Gasteiger partial charge on any atom is -0.393 e. The second kappa shape index (κ2) is 5.84.